The van der Waals surface area contributed by atoms with Gasteiger partial charge in [0.1, 0.15) is 5.01 Å². The zero-order valence-electron chi connectivity index (χ0n) is 12.1. The summed E-state index contributed by atoms with van der Waals surface area (Å²) in [4.78, 5) is 7.14. The molecule has 3 rings (SSSR count). The molecule has 2 atom stereocenters. The molecule has 2 unspecified atom stereocenters. The van der Waals surface area contributed by atoms with Crippen molar-refractivity contribution in [2.75, 3.05) is 25.1 Å². The molecule has 1 fully saturated rings. The summed E-state index contributed by atoms with van der Waals surface area (Å²) in [5.74, 6) is 2.32. The number of thiazole rings is 1. The third-order valence-electron chi connectivity index (χ3n) is 3.84. The summed E-state index contributed by atoms with van der Waals surface area (Å²) >= 11 is 3.72. The van der Waals surface area contributed by atoms with Crippen molar-refractivity contribution in [3.8, 4) is 0 Å². The first-order chi connectivity index (χ1) is 10.2. The number of aromatic nitrogens is 1. The first-order valence-corrected chi connectivity index (χ1v) is 9.23. The summed E-state index contributed by atoms with van der Waals surface area (Å²) in [7, 11) is 2.17. The van der Waals surface area contributed by atoms with Gasteiger partial charge in [0.05, 0.1) is 17.8 Å². The zero-order chi connectivity index (χ0) is 14.7. The van der Waals surface area contributed by atoms with Crippen LogP contribution in [0.25, 0.3) is 0 Å². The first kappa shape index (κ1) is 15.0. The van der Waals surface area contributed by atoms with Crippen LogP contribution >= 0.6 is 23.1 Å². The van der Waals surface area contributed by atoms with Crippen molar-refractivity contribution in [1.82, 2.24) is 9.88 Å². The second kappa shape index (κ2) is 6.92. The van der Waals surface area contributed by atoms with Crippen LogP contribution in [0.1, 0.15) is 28.4 Å². The summed E-state index contributed by atoms with van der Waals surface area (Å²) in [5, 5.41) is 13.6. The molecule has 1 N–H and O–H groups in total. The van der Waals surface area contributed by atoms with Crippen LogP contribution in [-0.4, -0.2) is 40.1 Å². The highest BCUT2D eigenvalue weighted by molar-refractivity contribution is 7.99. The molecule has 2 heterocycles. The minimum atomic E-state index is -0.473. The summed E-state index contributed by atoms with van der Waals surface area (Å²) in [6.45, 7) is 1.12. The van der Waals surface area contributed by atoms with Gasteiger partial charge in [-0.3, -0.25) is 4.90 Å². The molecular weight excluding hydrogens is 300 g/mol. The van der Waals surface area contributed by atoms with Crippen molar-refractivity contribution in [2.24, 2.45) is 0 Å². The fraction of sp³-hybridized carbons (Fsp3) is 0.438. The number of hydrogen-bond acceptors (Lipinski definition) is 5. The molecule has 2 aromatic rings. The van der Waals surface area contributed by atoms with Crippen LogP contribution in [0, 0.1) is 0 Å². The van der Waals surface area contributed by atoms with Crippen LogP contribution in [-0.2, 0) is 6.42 Å². The van der Waals surface area contributed by atoms with E-state index in [1.807, 2.05) is 42.1 Å². The maximum absolute atomic E-state index is 10.3. The van der Waals surface area contributed by atoms with E-state index in [1.165, 1.54) is 10.8 Å². The molecule has 0 saturated carbocycles. The van der Waals surface area contributed by atoms with Crippen LogP contribution in [0.4, 0.5) is 0 Å². The first-order valence-electron chi connectivity index (χ1n) is 7.19. The molecule has 21 heavy (non-hydrogen) atoms. The summed E-state index contributed by atoms with van der Waals surface area (Å²) in [5.41, 5.74) is 1.95. The summed E-state index contributed by atoms with van der Waals surface area (Å²) in [6, 6.07) is 10.2. The van der Waals surface area contributed by atoms with Crippen LogP contribution in [0.3, 0.4) is 0 Å². The Bertz CT molecular complexity index is 573. The molecule has 0 amide bonds. The van der Waals surface area contributed by atoms with Gasteiger partial charge >= 0.3 is 0 Å². The topological polar surface area (TPSA) is 36.4 Å². The molecule has 0 radical (unpaired) electrons. The number of aliphatic hydroxyl groups is 1. The number of rotatable bonds is 4. The number of benzene rings is 1. The molecule has 1 aromatic heterocycles. The highest BCUT2D eigenvalue weighted by atomic mass is 32.2. The lowest BCUT2D eigenvalue weighted by Gasteiger charge is -2.30. The molecule has 1 aromatic carbocycles. The lowest BCUT2D eigenvalue weighted by atomic mass is 10.1. The second-order valence-electron chi connectivity index (χ2n) is 5.38. The maximum Gasteiger partial charge on any atom is 0.111 e. The monoisotopic (exact) mass is 320 g/mol. The number of hydrogen-bond donors (Lipinski definition) is 1. The average molecular weight is 320 g/mol. The Morgan fingerprint density at radius 2 is 2.19 bits per heavy atom. The molecule has 0 bridgehead atoms. The predicted molar refractivity (Wildman–Crippen MR) is 89.9 cm³/mol. The molecule has 0 aliphatic carbocycles. The molecule has 3 nitrogen and oxygen atoms in total. The van der Waals surface area contributed by atoms with Gasteiger partial charge in [-0.25, -0.2) is 4.98 Å². The van der Waals surface area contributed by atoms with E-state index < -0.39 is 6.10 Å². The van der Waals surface area contributed by atoms with Gasteiger partial charge < -0.3 is 5.11 Å². The fourth-order valence-electron chi connectivity index (χ4n) is 2.51. The largest absolute Gasteiger partial charge is 0.388 e. The molecule has 5 heteroatoms. The maximum atomic E-state index is 10.3. The van der Waals surface area contributed by atoms with E-state index in [2.05, 4.69) is 17.3 Å². The molecule has 1 aliphatic heterocycles. The second-order valence-corrected chi connectivity index (χ2v) is 7.42. The van der Waals surface area contributed by atoms with E-state index in [9.17, 15) is 5.11 Å². The Morgan fingerprint density at radius 3 is 2.95 bits per heavy atom. The average Bonchev–Trinajstić information content (AvgIpc) is 2.97. The van der Waals surface area contributed by atoms with Crippen molar-refractivity contribution < 1.29 is 5.11 Å². The predicted octanol–water partition coefficient (Wildman–Crippen LogP) is 3.14. The smallest absolute Gasteiger partial charge is 0.111 e. The van der Waals surface area contributed by atoms with Crippen molar-refractivity contribution >= 4 is 23.1 Å². The van der Waals surface area contributed by atoms with Gasteiger partial charge in [-0.2, -0.15) is 11.8 Å². The molecule has 0 spiro atoms. The summed E-state index contributed by atoms with van der Waals surface area (Å²) < 4.78 is 0. The lowest BCUT2D eigenvalue weighted by Crippen LogP contribution is -2.32. The van der Waals surface area contributed by atoms with Crippen LogP contribution in [0.2, 0.25) is 0 Å². The van der Waals surface area contributed by atoms with Crippen molar-refractivity contribution in [3.63, 3.8) is 0 Å². The Balaban J connectivity index is 1.67. The fourth-order valence-corrected chi connectivity index (χ4v) is 4.83. The van der Waals surface area contributed by atoms with Gasteiger partial charge in [-0.05, 0) is 12.6 Å². The van der Waals surface area contributed by atoms with E-state index in [4.69, 9.17) is 4.98 Å². The van der Waals surface area contributed by atoms with Gasteiger partial charge in [0.25, 0.3) is 0 Å². The van der Waals surface area contributed by atoms with Crippen molar-refractivity contribution in [1.29, 1.82) is 0 Å². The van der Waals surface area contributed by atoms with E-state index >= 15 is 0 Å². The molecule has 112 valence electrons. The standard InChI is InChI=1S/C16H20N2OS2/c1-18-7-8-20-11-14(18)16-17-13(10-21-16)9-15(19)12-5-3-2-4-6-12/h2-6,10,14-15,19H,7-9,11H2,1H3. The van der Waals surface area contributed by atoms with Gasteiger partial charge in [0.15, 0.2) is 0 Å². The number of thioether (sulfide) groups is 1. The van der Waals surface area contributed by atoms with Gasteiger partial charge in [-0.15, -0.1) is 11.3 Å². The molecular formula is C16H20N2OS2. The normalized spacial score (nSPS) is 21.3. The van der Waals surface area contributed by atoms with Crippen LogP contribution in [0.15, 0.2) is 35.7 Å². The highest BCUT2D eigenvalue weighted by Crippen LogP contribution is 2.31. The highest BCUT2D eigenvalue weighted by Gasteiger charge is 2.24. The minimum absolute atomic E-state index is 0.427. The van der Waals surface area contributed by atoms with Crippen LogP contribution < -0.4 is 0 Å². The van der Waals surface area contributed by atoms with E-state index in [-0.39, 0.29) is 0 Å². The summed E-state index contributed by atoms with van der Waals surface area (Å²) in [6.07, 6.45) is 0.115. The van der Waals surface area contributed by atoms with E-state index in [0.29, 0.717) is 12.5 Å². The van der Waals surface area contributed by atoms with E-state index in [0.717, 1.165) is 23.6 Å². The number of nitrogens with zero attached hydrogens (tertiary/aromatic N) is 2. The Hall–Kier alpha value is -0.880. The van der Waals surface area contributed by atoms with E-state index in [1.54, 1.807) is 11.3 Å². The Morgan fingerprint density at radius 1 is 1.38 bits per heavy atom. The van der Waals surface area contributed by atoms with Crippen LogP contribution in [0.5, 0.6) is 0 Å². The Kier molecular flexibility index (Phi) is 4.95. The molecule has 1 saturated heterocycles. The van der Waals surface area contributed by atoms with Gasteiger partial charge in [0, 0.05) is 29.9 Å². The third kappa shape index (κ3) is 3.66. The quantitative estimate of drug-likeness (QED) is 0.939. The number of aliphatic hydroxyl groups excluding tert-OH is 1. The molecule has 1 aliphatic rings. The minimum Gasteiger partial charge on any atom is -0.388 e. The van der Waals surface area contributed by atoms with Crippen molar-refractivity contribution in [2.45, 2.75) is 18.6 Å². The third-order valence-corrected chi connectivity index (χ3v) is 5.85. The van der Waals surface area contributed by atoms with Crippen molar-refractivity contribution in [3.05, 3.63) is 52.0 Å². The lowest BCUT2D eigenvalue weighted by molar-refractivity contribution is 0.177. The Labute approximate surface area is 134 Å². The van der Waals surface area contributed by atoms with Gasteiger partial charge in [-0.1, -0.05) is 30.3 Å². The van der Waals surface area contributed by atoms with Gasteiger partial charge in [0.2, 0.25) is 0 Å². The SMILES string of the molecule is CN1CCSCC1c1nc(CC(O)c2ccccc2)cs1. The zero-order valence-corrected chi connectivity index (χ0v) is 13.7.